The Hall–Kier alpha value is -5.40. The standard InChI is InChI=1S/C41H46N4O11SSi/c1-30(46)42-37-24-25-44(41(47)43-37)40(56-58(2,3)4)39(54-28-33-18-12-7-13-19-33)38(53-27-32-16-10-6-11-17-32)36(29-52-26-31-14-8-5-9-15-31)55-57(50,51)35-22-20-34(21-23-35)45(48)49/h5-25,36,38-40H,26-29H2,1-4H3,(H,42,43,46,47)/t36-,38+,39-,40+/m1/s1. The van der Waals surface area contributed by atoms with Crippen LogP contribution in [0.2, 0.25) is 19.6 Å². The second-order valence-corrected chi connectivity index (χ2v) is 20.2. The number of amides is 1. The van der Waals surface area contributed by atoms with E-state index in [9.17, 15) is 28.1 Å². The van der Waals surface area contributed by atoms with Gasteiger partial charge in [0, 0.05) is 25.3 Å². The molecule has 5 aromatic rings. The molecule has 0 unspecified atom stereocenters. The number of nitrogens with zero attached hydrogens (tertiary/aromatic N) is 3. The summed E-state index contributed by atoms with van der Waals surface area (Å²) < 4.78 is 61.8. The Bertz CT molecular complexity index is 2260. The lowest BCUT2D eigenvalue weighted by molar-refractivity contribution is -0.384. The van der Waals surface area contributed by atoms with Crippen LogP contribution in [0.15, 0.2) is 137 Å². The van der Waals surface area contributed by atoms with E-state index in [1.54, 1.807) is 0 Å². The normalized spacial score (nSPS) is 13.9. The minimum absolute atomic E-state index is 0.0175. The van der Waals surface area contributed by atoms with Gasteiger partial charge in [0.2, 0.25) is 5.91 Å². The zero-order valence-corrected chi connectivity index (χ0v) is 34.3. The van der Waals surface area contributed by atoms with Gasteiger partial charge in [-0.05, 0) is 54.5 Å². The van der Waals surface area contributed by atoms with Gasteiger partial charge in [-0.15, -0.1) is 0 Å². The number of nitrogens with one attached hydrogen (secondary N) is 1. The van der Waals surface area contributed by atoms with E-state index in [1.165, 1.54) is 23.8 Å². The van der Waals surface area contributed by atoms with Gasteiger partial charge in [-0.1, -0.05) is 91.0 Å². The van der Waals surface area contributed by atoms with Crippen LogP contribution in [0.25, 0.3) is 0 Å². The molecule has 4 atom stereocenters. The summed E-state index contributed by atoms with van der Waals surface area (Å²) in [4.78, 5) is 40.2. The quantitative estimate of drug-likeness (QED) is 0.0361. The Balaban J connectivity index is 1.67. The van der Waals surface area contributed by atoms with E-state index in [0.717, 1.165) is 41.0 Å². The molecule has 5 rings (SSSR count). The second kappa shape index (κ2) is 20.3. The third-order valence-corrected chi connectivity index (χ3v) is 10.7. The number of nitro groups is 1. The number of non-ortho nitro benzene ring substituents is 1. The Morgan fingerprint density at radius 3 is 1.79 bits per heavy atom. The highest BCUT2D eigenvalue weighted by Gasteiger charge is 2.43. The molecule has 1 aromatic heterocycles. The zero-order valence-electron chi connectivity index (χ0n) is 32.5. The van der Waals surface area contributed by atoms with Crippen LogP contribution in [0.1, 0.15) is 29.8 Å². The van der Waals surface area contributed by atoms with Crippen LogP contribution in [0.3, 0.4) is 0 Å². The van der Waals surface area contributed by atoms with Crippen molar-refractivity contribution in [1.82, 2.24) is 9.55 Å². The van der Waals surface area contributed by atoms with Crippen molar-refractivity contribution in [2.75, 3.05) is 11.9 Å². The van der Waals surface area contributed by atoms with Crippen molar-refractivity contribution in [1.29, 1.82) is 0 Å². The Morgan fingerprint density at radius 2 is 1.31 bits per heavy atom. The van der Waals surface area contributed by atoms with Crippen LogP contribution in [0, 0.1) is 10.1 Å². The van der Waals surface area contributed by atoms with Gasteiger partial charge in [-0.3, -0.25) is 23.7 Å². The summed E-state index contributed by atoms with van der Waals surface area (Å²) in [6.45, 7) is 6.65. The van der Waals surface area contributed by atoms with Crippen molar-refractivity contribution in [2.45, 2.75) is 75.8 Å². The largest absolute Gasteiger partial charge is 0.395 e. The summed E-state index contributed by atoms with van der Waals surface area (Å²) in [6, 6.07) is 33.3. The summed E-state index contributed by atoms with van der Waals surface area (Å²) in [7, 11) is -7.29. The van der Waals surface area contributed by atoms with Crippen LogP contribution >= 0.6 is 0 Å². The fourth-order valence-corrected chi connectivity index (χ4v) is 7.83. The van der Waals surface area contributed by atoms with Gasteiger partial charge in [0.1, 0.15) is 24.1 Å². The number of hydrogen-bond acceptors (Lipinski definition) is 12. The number of hydrogen-bond donors (Lipinski definition) is 1. The van der Waals surface area contributed by atoms with E-state index in [1.807, 2.05) is 111 Å². The topological polar surface area (TPSA) is 187 Å². The first kappa shape index (κ1) is 43.7. The van der Waals surface area contributed by atoms with Crippen LogP contribution < -0.4 is 11.0 Å². The molecule has 0 fully saturated rings. The number of carbonyl (C=O) groups excluding carboxylic acids is 1. The first-order valence-corrected chi connectivity index (χ1v) is 23.2. The molecule has 0 bridgehead atoms. The molecule has 17 heteroatoms. The molecule has 0 aliphatic heterocycles. The van der Waals surface area contributed by atoms with Crippen molar-refractivity contribution < 1.29 is 41.0 Å². The zero-order chi connectivity index (χ0) is 41.7. The number of carbonyl (C=O) groups is 1. The summed E-state index contributed by atoms with van der Waals surface area (Å²) in [5.74, 6) is -0.411. The molecule has 0 saturated carbocycles. The van der Waals surface area contributed by atoms with Gasteiger partial charge >= 0.3 is 5.69 Å². The van der Waals surface area contributed by atoms with E-state index in [2.05, 4.69) is 10.3 Å². The smallest absolute Gasteiger partial charge is 0.351 e. The molecule has 306 valence electrons. The molecule has 1 amide bonds. The molecular weight excluding hydrogens is 785 g/mol. The van der Waals surface area contributed by atoms with E-state index in [4.69, 9.17) is 22.8 Å². The monoisotopic (exact) mass is 830 g/mol. The maximum atomic E-state index is 14.1. The average molecular weight is 831 g/mol. The fourth-order valence-electron chi connectivity index (χ4n) is 5.78. The molecular formula is C41H46N4O11SSi. The van der Waals surface area contributed by atoms with E-state index >= 15 is 0 Å². The Labute approximate surface area is 337 Å². The van der Waals surface area contributed by atoms with Crippen LogP contribution in [-0.2, 0) is 57.6 Å². The fraction of sp³-hybridized carbons (Fsp3) is 0.293. The third kappa shape index (κ3) is 13.1. The number of benzene rings is 4. The highest BCUT2D eigenvalue weighted by molar-refractivity contribution is 7.86. The first-order valence-electron chi connectivity index (χ1n) is 18.3. The van der Waals surface area contributed by atoms with Gasteiger partial charge in [-0.2, -0.15) is 13.4 Å². The molecule has 15 nitrogen and oxygen atoms in total. The number of nitro benzene ring substituents is 1. The van der Waals surface area contributed by atoms with Gasteiger partial charge in [-0.25, -0.2) is 4.79 Å². The average Bonchev–Trinajstić information content (AvgIpc) is 3.19. The Morgan fingerprint density at radius 1 is 0.793 bits per heavy atom. The van der Waals surface area contributed by atoms with Crippen molar-refractivity contribution in [3.63, 3.8) is 0 Å². The van der Waals surface area contributed by atoms with Crippen molar-refractivity contribution in [3.05, 3.63) is 165 Å². The second-order valence-electron chi connectivity index (χ2n) is 14.2. The van der Waals surface area contributed by atoms with E-state index in [0.29, 0.717) is 0 Å². The molecule has 1 N–H and O–H groups in total. The molecule has 0 aliphatic rings. The van der Waals surface area contributed by atoms with E-state index in [-0.39, 0.29) is 42.8 Å². The summed E-state index contributed by atoms with van der Waals surface area (Å²) >= 11 is 0. The molecule has 0 radical (unpaired) electrons. The van der Waals surface area contributed by atoms with Crippen LogP contribution in [0.4, 0.5) is 11.5 Å². The molecule has 0 spiro atoms. The SMILES string of the molecule is CC(=O)Nc1ccn([C@@H](O[Si](C)(C)C)[C@H](OCc2ccccc2)[C@@H](OCc2ccccc2)[C@@H](COCc2ccccc2)OS(=O)(=O)c2ccc([N+](=O)[O-])cc2)c(=O)n1. The molecule has 58 heavy (non-hydrogen) atoms. The van der Waals surface area contributed by atoms with Crippen molar-refractivity contribution >= 4 is 35.8 Å². The number of anilines is 1. The maximum Gasteiger partial charge on any atom is 0.351 e. The number of ether oxygens (including phenoxy) is 3. The molecule has 0 aliphatic carbocycles. The van der Waals surface area contributed by atoms with Gasteiger partial charge in [0.25, 0.3) is 15.8 Å². The van der Waals surface area contributed by atoms with Crippen LogP contribution in [-0.4, -0.2) is 62.0 Å². The molecule has 4 aromatic carbocycles. The predicted octanol–water partition coefficient (Wildman–Crippen LogP) is 6.62. The van der Waals surface area contributed by atoms with Gasteiger partial charge in [0.05, 0.1) is 36.2 Å². The maximum absolute atomic E-state index is 14.1. The summed E-state index contributed by atoms with van der Waals surface area (Å²) in [6.07, 6.45) is -3.99. The summed E-state index contributed by atoms with van der Waals surface area (Å²) in [5.41, 5.74) is 1.19. The highest BCUT2D eigenvalue weighted by atomic mass is 32.2. The first-order chi connectivity index (χ1) is 27.7. The lowest BCUT2D eigenvalue weighted by Gasteiger charge is -2.39. The minimum atomic E-state index is -4.67. The third-order valence-electron chi connectivity index (χ3n) is 8.40. The summed E-state index contributed by atoms with van der Waals surface area (Å²) in [5, 5.41) is 13.9. The van der Waals surface area contributed by atoms with Gasteiger partial charge < -0.3 is 24.0 Å². The van der Waals surface area contributed by atoms with Gasteiger partial charge in [0.15, 0.2) is 14.5 Å². The molecule has 1 heterocycles. The van der Waals surface area contributed by atoms with E-state index < -0.39 is 59.5 Å². The lowest BCUT2D eigenvalue weighted by atomic mass is 10.1. The van der Waals surface area contributed by atoms with Crippen LogP contribution in [0.5, 0.6) is 0 Å². The number of aromatic nitrogens is 2. The lowest BCUT2D eigenvalue weighted by Crippen LogP contribution is -2.53. The van der Waals surface area contributed by atoms with Crippen molar-refractivity contribution in [3.8, 4) is 0 Å². The molecule has 0 saturated heterocycles. The number of rotatable bonds is 21. The minimum Gasteiger partial charge on any atom is -0.395 e. The Kier molecular flexibility index (Phi) is 15.3. The highest BCUT2D eigenvalue weighted by Crippen LogP contribution is 2.31. The van der Waals surface area contributed by atoms with Crippen molar-refractivity contribution in [2.24, 2.45) is 0 Å². The predicted molar refractivity (Wildman–Crippen MR) is 218 cm³/mol.